The number of rotatable bonds is 2. The fraction of sp³-hybridized carbons (Fsp3) is 0.500. The molecule has 3 nitrogen and oxygen atoms in total. The molecule has 1 N–H and O–H groups in total. The summed E-state index contributed by atoms with van der Waals surface area (Å²) in [5.74, 6) is -0.310. The number of hydrogen-bond donors (Lipinski definition) is 1. The second-order valence-corrected chi connectivity index (χ2v) is 6.30. The van der Waals surface area contributed by atoms with Gasteiger partial charge < -0.3 is 10.1 Å². The third-order valence-corrected chi connectivity index (χ3v) is 3.19. The van der Waals surface area contributed by atoms with Gasteiger partial charge in [-0.1, -0.05) is 6.07 Å². The predicted octanol–water partition coefficient (Wildman–Crippen LogP) is 4.48. The van der Waals surface area contributed by atoms with Crippen LogP contribution in [0.2, 0.25) is 0 Å². The molecule has 0 fully saturated rings. The molecule has 1 aromatic rings. The van der Waals surface area contributed by atoms with Crippen LogP contribution in [0.15, 0.2) is 16.6 Å². The van der Waals surface area contributed by atoms with Crippen LogP contribution in [0.4, 0.5) is 9.18 Å². The molecule has 0 aliphatic carbocycles. The summed E-state index contributed by atoms with van der Waals surface area (Å²) in [5, 5.41) is 2.70. The molecule has 1 atom stereocenters. The van der Waals surface area contributed by atoms with Crippen molar-refractivity contribution in [2.75, 3.05) is 0 Å². The molecule has 0 bridgehead atoms. The zero-order chi connectivity index (χ0) is 14.8. The van der Waals surface area contributed by atoms with Gasteiger partial charge in [-0.2, -0.15) is 0 Å². The Balaban J connectivity index is 2.82. The summed E-state index contributed by atoms with van der Waals surface area (Å²) in [6.07, 6.45) is -0.511. The molecule has 0 spiro atoms. The Morgan fingerprint density at radius 3 is 2.53 bits per heavy atom. The standard InChI is InChI=1S/C14H19BrFNO2/c1-8-10(6-7-11(15)12(8)16)9(2)17-13(18)19-14(3,4)5/h6-7,9H,1-5H3,(H,17,18)/t9-/m1/s1. The van der Waals surface area contributed by atoms with E-state index in [4.69, 9.17) is 4.74 Å². The molecule has 0 aromatic heterocycles. The number of ether oxygens (including phenoxy) is 1. The number of benzene rings is 1. The normalized spacial score (nSPS) is 13.0. The van der Waals surface area contributed by atoms with Crippen LogP contribution in [0.1, 0.15) is 44.9 Å². The van der Waals surface area contributed by atoms with E-state index in [1.807, 2.05) is 0 Å². The van der Waals surface area contributed by atoms with Gasteiger partial charge in [0.05, 0.1) is 10.5 Å². The summed E-state index contributed by atoms with van der Waals surface area (Å²) in [7, 11) is 0. The SMILES string of the molecule is Cc1c([C@@H](C)NC(=O)OC(C)(C)C)ccc(Br)c1F. The van der Waals surface area contributed by atoms with E-state index in [9.17, 15) is 9.18 Å². The minimum absolute atomic E-state index is 0.310. The van der Waals surface area contributed by atoms with E-state index >= 15 is 0 Å². The zero-order valence-electron chi connectivity index (χ0n) is 11.8. The molecule has 1 rings (SSSR count). The molecule has 0 heterocycles. The fourth-order valence-corrected chi connectivity index (χ4v) is 2.13. The molecule has 0 radical (unpaired) electrons. The van der Waals surface area contributed by atoms with Crippen molar-refractivity contribution in [1.82, 2.24) is 5.32 Å². The van der Waals surface area contributed by atoms with Gasteiger partial charge in [0.15, 0.2) is 0 Å². The maximum atomic E-state index is 13.8. The van der Waals surface area contributed by atoms with Gasteiger partial charge in [0, 0.05) is 0 Å². The van der Waals surface area contributed by atoms with E-state index in [2.05, 4.69) is 21.2 Å². The second-order valence-electron chi connectivity index (χ2n) is 5.44. The number of carbonyl (C=O) groups excluding carboxylic acids is 1. The summed E-state index contributed by atoms with van der Waals surface area (Å²) < 4.78 is 19.4. The van der Waals surface area contributed by atoms with Crippen LogP contribution in [0.3, 0.4) is 0 Å². The molecule has 0 unspecified atom stereocenters. The quantitative estimate of drug-likeness (QED) is 0.867. The average Bonchev–Trinajstić information content (AvgIpc) is 2.23. The van der Waals surface area contributed by atoms with E-state index < -0.39 is 11.7 Å². The third kappa shape index (κ3) is 4.49. The first-order valence-electron chi connectivity index (χ1n) is 6.06. The molecule has 106 valence electrons. The number of nitrogens with one attached hydrogen (secondary N) is 1. The third-order valence-electron chi connectivity index (χ3n) is 2.58. The first-order chi connectivity index (χ1) is 8.61. The lowest BCUT2D eigenvalue weighted by Gasteiger charge is -2.23. The minimum atomic E-state index is -0.552. The van der Waals surface area contributed by atoms with Crippen LogP contribution in [-0.4, -0.2) is 11.7 Å². The summed E-state index contributed by atoms with van der Waals surface area (Å²) in [4.78, 5) is 11.7. The number of amides is 1. The van der Waals surface area contributed by atoms with Gasteiger partial charge in [0.2, 0.25) is 0 Å². The van der Waals surface area contributed by atoms with Crippen molar-refractivity contribution in [3.63, 3.8) is 0 Å². The zero-order valence-corrected chi connectivity index (χ0v) is 13.4. The molecule has 0 saturated carbocycles. The Kier molecular flexibility index (Phi) is 4.96. The Hall–Kier alpha value is -1.10. The number of halogens is 2. The van der Waals surface area contributed by atoms with E-state index in [-0.39, 0.29) is 11.9 Å². The maximum Gasteiger partial charge on any atom is 0.408 e. The van der Waals surface area contributed by atoms with Crippen molar-refractivity contribution >= 4 is 22.0 Å². The minimum Gasteiger partial charge on any atom is -0.444 e. The van der Waals surface area contributed by atoms with Gasteiger partial charge in [0.25, 0.3) is 0 Å². The number of carbonyl (C=O) groups is 1. The Morgan fingerprint density at radius 2 is 2.00 bits per heavy atom. The highest BCUT2D eigenvalue weighted by Gasteiger charge is 2.20. The topological polar surface area (TPSA) is 38.3 Å². The van der Waals surface area contributed by atoms with E-state index in [1.54, 1.807) is 46.8 Å². The summed E-state index contributed by atoms with van der Waals surface area (Å²) in [6.45, 7) is 8.85. The van der Waals surface area contributed by atoms with Crippen LogP contribution in [0.25, 0.3) is 0 Å². The molecule has 0 aliphatic heterocycles. The van der Waals surface area contributed by atoms with Crippen LogP contribution in [0, 0.1) is 12.7 Å². The molecular weight excluding hydrogens is 313 g/mol. The van der Waals surface area contributed by atoms with E-state index in [1.165, 1.54) is 0 Å². The highest BCUT2D eigenvalue weighted by Crippen LogP contribution is 2.25. The second kappa shape index (κ2) is 5.90. The van der Waals surface area contributed by atoms with Gasteiger partial charge in [-0.3, -0.25) is 0 Å². The molecule has 5 heteroatoms. The van der Waals surface area contributed by atoms with Crippen LogP contribution < -0.4 is 5.32 Å². The first-order valence-corrected chi connectivity index (χ1v) is 6.85. The van der Waals surface area contributed by atoms with Gasteiger partial charge in [-0.15, -0.1) is 0 Å². The van der Waals surface area contributed by atoms with Crippen LogP contribution >= 0.6 is 15.9 Å². The molecular formula is C14H19BrFNO2. The molecule has 0 aliphatic rings. The van der Waals surface area contributed by atoms with E-state index in [0.717, 1.165) is 5.56 Å². The number of hydrogen-bond acceptors (Lipinski definition) is 2. The van der Waals surface area contributed by atoms with Gasteiger partial charge >= 0.3 is 6.09 Å². The molecule has 0 saturated heterocycles. The lowest BCUT2D eigenvalue weighted by Crippen LogP contribution is -2.34. The van der Waals surface area contributed by atoms with Crippen molar-refractivity contribution < 1.29 is 13.9 Å². The van der Waals surface area contributed by atoms with Crippen LogP contribution in [-0.2, 0) is 4.74 Å². The molecule has 1 amide bonds. The van der Waals surface area contributed by atoms with Crippen molar-refractivity contribution in [2.24, 2.45) is 0 Å². The maximum absolute atomic E-state index is 13.8. The van der Waals surface area contributed by atoms with Crippen LogP contribution in [0.5, 0.6) is 0 Å². The highest BCUT2D eigenvalue weighted by molar-refractivity contribution is 9.10. The lowest BCUT2D eigenvalue weighted by atomic mass is 10.0. The summed E-state index contributed by atoms with van der Waals surface area (Å²) >= 11 is 3.13. The van der Waals surface area contributed by atoms with Gasteiger partial charge in [-0.25, -0.2) is 9.18 Å². The number of alkyl carbamates (subject to hydrolysis) is 1. The summed E-state index contributed by atoms with van der Waals surface area (Å²) in [6, 6.07) is 3.09. The van der Waals surface area contributed by atoms with Crippen molar-refractivity contribution in [3.05, 3.63) is 33.5 Å². The smallest absolute Gasteiger partial charge is 0.408 e. The van der Waals surface area contributed by atoms with Gasteiger partial charge in [0.1, 0.15) is 11.4 Å². The van der Waals surface area contributed by atoms with Crippen molar-refractivity contribution in [1.29, 1.82) is 0 Å². The lowest BCUT2D eigenvalue weighted by molar-refractivity contribution is 0.0507. The van der Waals surface area contributed by atoms with Crippen molar-refractivity contribution in [3.8, 4) is 0 Å². The molecule has 1 aromatic carbocycles. The monoisotopic (exact) mass is 331 g/mol. The van der Waals surface area contributed by atoms with E-state index in [0.29, 0.717) is 10.0 Å². The Bertz CT molecular complexity index is 483. The van der Waals surface area contributed by atoms with Gasteiger partial charge in [-0.05, 0) is 67.7 Å². The largest absolute Gasteiger partial charge is 0.444 e. The average molecular weight is 332 g/mol. The summed E-state index contributed by atoms with van der Waals surface area (Å²) in [5.41, 5.74) is 0.688. The Labute approximate surface area is 121 Å². The fourth-order valence-electron chi connectivity index (χ4n) is 1.70. The first kappa shape index (κ1) is 16.0. The Morgan fingerprint density at radius 1 is 1.42 bits per heavy atom. The predicted molar refractivity (Wildman–Crippen MR) is 76.6 cm³/mol. The molecule has 19 heavy (non-hydrogen) atoms. The van der Waals surface area contributed by atoms with Crippen molar-refractivity contribution in [2.45, 2.75) is 46.3 Å². The highest BCUT2D eigenvalue weighted by atomic mass is 79.9.